The van der Waals surface area contributed by atoms with Gasteiger partial charge in [-0.1, -0.05) is 35.9 Å². The van der Waals surface area contributed by atoms with Gasteiger partial charge < -0.3 is 4.74 Å². The van der Waals surface area contributed by atoms with E-state index in [2.05, 4.69) is 10.1 Å². The molecule has 6 heteroatoms. The van der Waals surface area contributed by atoms with Crippen LogP contribution in [0.1, 0.15) is 5.56 Å². The fourth-order valence-corrected chi connectivity index (χ4v) is 2.99. The Morgan fingerprint density at radius 1 is 1.08 bits per heavy atom. The Kier molecular flexibility index (Phi) is 3.58. The fourth-order valence-electron chi connectivity index (χ4n) is 2.77. The average molecular weight is 342 g/mol. The van der Waals surface area contributed by atoms with E-state index in [1.165, 1.54) is 6.07 Å². The largest absolute Gasteiger partial charge is 0.497 e. The highest BCUT2D eigenvalue weighted by atomic mass is 35.5. The molecule has 0 amide bonds. The summed E-state index contributed by atoms with van der Waals surface area (Å²) in [5, 5.41) is 6.20. The Balaban J connectivity index is 1.81. The molecule has 0 fully saturated rings. The average Bonchev–Trinajstić information content (AvgIpc) is 3.01. The summed E-state index contributed by atoms with van der Waals surface area (Å²) in [4.78, 5) is 4.14. The number of fused-ring (bicyclic) bond motifs is 3. The maximum absolute atomic E-state index is 14.0. The van der Waals surface area contributed by atoms with Crippen molar-refractivity contribution in [1.82, 2.24) is 14.8 Å². The molecular weight excluding hydrogens is 329 g/mol. The molecule has 4 aromatic rings. The van der Waals surface area contributed by atoms with E-state index in [-0.39, 0.29) is 16.5 Å². The molecule has 2 heterocycles. The van der Waals surface area contributed by atoms with Gasteiger partial charge in [0, 0.05) is 17.0 Å². The molecule has 120 valence electrons. The first-order valence-electron chi connectivity index (χ1n) is 7.39. The Bertz CT molecular complexity index is 1040. The first-order valence-corrected chi connectivity index (χ1v) is 7.77. The summed E-state index contributed by atoms with van der Waals surface area (Å²) in [7, 11) is 1.63. The number of ether oxygens (including phenoxy) is 1. The first kappa shape index (κ1) is 14.9. The molecule has 0 unspecified atom stereocenters. The predicted molar refractivity (Wildman–Crippen MR) is 92.1 cm³/mol. The Hall–Kier alpha value is -2.66. The van der Waals surface area contributed by atoms with Crippen LogP contribution >= 0.6 is 11.6 Å². The van der Waals surface area contributed by atoms with E-state index >= 15 is 0 Å². The first-order chi connectivity index (χ1) is 11.7. The molecule has 0 spiro atoms. The molecule has 2 aromatic carbocycles. The van der Waals surface area contributed by atoms with E-state index < -0.39 is 0 Å². The standard InChI is InChI=1S/C18H13ClFN3O/c1-24-12-7-5-11(6-8-12)9-23-10-14-13-3-2-4-15(20)16(13)21-18(19)17(14)22-23/h2-8,10H,9H2,1H3. The van der Waals surface area contributed by atoms with Gasteiger partial charge in [-0.05, 0) is 23.8 Å². The van der Waals surface area contributed by atoms with Crippen molar-refractivity contribution in [3.63, 3.8) is 0 Å². The lowest BCUT2D eigenvalue weighted by Gasteiger charge is -2.03. The minimum atomic E-state index is -0.390. The molecule has 0 radical (unpaired) electrons. The maximum Gasteiger partial charge on any atom is 0.157 e. The summed E-state index contributed by atoms with van der Waals surface area (Å²) in [5.41, 5.74) is 1.91. The molecule has 24 heavy (non-hydrogen) atoms. The zero-order chi connectivity index (χ0) is 16.7. The maximum atomic E-state index is 14.0. The van der Waals surface area contributed by atoms with Crippen LogP contribution in [0.2, 0.25) is 5.15 Å². The fraction of sp³-hybridized carbons (Fsp3) is 0.111. The van der Waals surface area contributed by atoms with Gasteiger partial charge in [0.15, 0.2) is 5.15 Å². The zero-order valence-electron chi connectivity index (χ0n) is 12.8. The van der Waals surface area contributed by atoms with Crippen LogP contribution < -0.4 is 4.74 Å². The number of benzene rings is 2. The van der Waals surface area contributed by atoms with Crippen LogP contribution in [0.25, 0.3) is 21.8 Å². The molecule has 4 nitrogen and oxygen atoms in total. The van der Waals surface area contributed by atoms with Crippen molar-refractivity contribution >= 4 is 33.4 Å². The van der Waals surface area contributed by atoms with Gasteiger partial charge in [0.05, 0.1) is 13.7 Å². The second kappa shape index (κ2) is 5.76. The van der Waals surface area contributed by atoms with Crippen molar-refractivity contribution in [1.29, 1.82) is 0 Å². The highest BCUT2D eigenvalue weighted by Crippen LogP contribution is 2.29. The summed E-state index contributed by atoms with van der Waals surface area (Å²) in [5.74, 6) is 0.414. The molecule has 0 saturated carbocycles. The molecule has 0 aliphatic heterocycles. The Morgan fingerprint density at radius 2 is 1.88 bits per heavy atom. The van der Waals surface area contributed by atoms with E-state index in [0.717, 1.165) is 16.7 Å². The molecule has 0 N–H and O–H groups in total. The number of hydrogen-bond donors (Lipinski definition) is 0. The summed E-state index contributed by atoms with van der Waals surface area (Å²) in [6, 6.07) is 12.6. The SMILES string of the molecule is COc1ccc(Cn2cc3c(n2)c(Cl)nc2c(F)cccc23)cc1. The quantitative estimate of drug-likeness (QED) is 0.517. The molecule has 0 saturated heterocycles. The number of halogens is 2. The van der Waals surface area contributed by atoms with Gasteiger partial charge in [0.1, 0.15) is 22.6 Å². The van der Waals surface area contributed by atoms with E-state index in [1.54, 1.807) is 17.9 Å². The van der Waals surface area contributed by atoms with Crippen LogP contribution in [0.4, 0.5) is 4.39 Å². The predicted octanol–water partition coefficient (Wildman–Crippen LogP) is 4.43. The Morgan fingerprint density at radius 3 is 2.62 bits per heavy atom. The molecule has 0 bridgehead atoms. The van der Waals surface area contributed by atoms with Crippen LogP contribution in [0.5, 0.6) is 5.75 Å². The van der Waals surface area contributed by atoms with Crippen molar-refractivity contribution in [3.8, 4) is 5.75 Å². The minimum absolute atomic E-state index is 0.205. The van der Waals surface area contributed by atoms with Crippen molar-refractivity contribution in [2.24, 2.45) is 0 Å². The molecule has 2 aromatic heterocycles. The van der Waals surface area contributed by atoms with Crippen LogP contribution in [-0.2, 0) is 6.54 Å². The van der Waals surface area contributed by atoms with Gasteiger partial charge in [-0.25, -0.2) is 9.37 Å². The van der Waals surface area contributed by atoms with Crippen LogP contribution in [0.3, 0.4) is 0 Å². The van der Waals surface area contributed by atoms with Gasteiger partial charge >= 0.3 is 0 Å². The number of aromatic nitrogens is 3. The molecule has 0 aliphatic rings. The van der Waals surface area contributed by atoms with Gasteiger partial charge in [0.25, 0.3) is 0 Å². The summed E-state index contributed by atoms with van der Waals surface area (Å²) < 4.78 is 20.9. The summed E-state index contributed by atoms with van der Waals surface area (Å²) >= 11 is 6.19. The van der Waals surface area contributed by atoms with Crippen molar-refractivity contribution < 1.29 is 9.13 Å². The highest BCUT2D eigenvalue weighted by Gasteiger charge is 2.13. The lowest BCUT2D eigenvalue weighted by atomic mass is 10.1. The van der Waals surface area contributed by atoms with E-state index in [0.29, 0.717) is 17.4 Å². The summed E-state index contributed by atoms with van der Waals surface area (Å²) in [6.07, 6.45) is 1.87. The van der Waals surface area contributed by atoms with E-state index in [4.69, 9.17) is 16.3 Å². The second-order valence-corrected chi connectivity index (χ2v) is 5.83. The van der Waals surface area contributed by atoms with E-state index in [1.807, 2.05) is 36.5 Å². The van der Waals surface area contributed by atoms with Gasteiger partial charge in [-0.2, -0.15) is 5.10 Å². The minimum Gasteiger partial charge on any atom is -0.497 e. The van der Waals surface area contributed by atoms with Crippen molar-refractivity contribution in [2.45, 2.75) is 6.54 Å². The van der Waals surface area contributed by atoms with Crippen molar-refractivity contribution in [3.05, 3.63) is 65.2 Å². The lowest BCUT2D eigenvalue weighted by Crippen LogP contribution is -1.99. The molecule has 0 atom stereocenters. The third kappa shape index (κ3) is 2.47. The van der Waals surface area contributed by atoms with Gasteiger partial charge in [-0.3, -0.25) is 4.68 Å². The molecular formula is C18H13ClFN3O. The van der Waals surface area contributed by atoms with Crippen LogP contribution in [0.15, 0.2) is 48.7 Å². The lowest BCUT2D eigenvalue weighted by molar-refractivity contribution is 0.414. The molecule has 0 aliphatic carbocycles. The summed E-state index contributed by atoms with van der Waals surface area (Å²) in [6.45, 7) is 0.575. The monoisotopic (exact) mass is 341 g/mol. The third-order valence-electron chi connectivity index (χ3n) is 3.95. The third-order valence-corrected chi connectivity index (χ3v) is 4.21. The normalized spacial score (nSPS) is 11.3. The van der Waals surface area contributed by atoms with Gasteiger partial charge in [0.2, 0.25) is 0 Å². The number of methoxy groups -OCH3 is 1. The highest BCUT2D eigenvalue weighted by molar-refractivity contribution is 6.35. The Labute approximate surface area is 142 Å². The molecule has 4 rings (SSSR count). The number of rotatable bonds is 3. The number of nitrogens with zero attached hydrogens (tertiary/aromatic N) is 3. The number of para-hydroxylation sites is 1. The topological polar surface area (TPSA) is 39.9 Å². The number of pyridine rings is 1. The zero-order valence-corrected chi connectivity index (χ0v) is 13.6. The second-order valence-electron chi connectivity index (χ2n) is 5.48. The van der Waals surface area contributed by atoms with Crippen LogP contribution in [0, 0.1) is 5.82 Å². The van der Waals surface area contributed by atoms with E-state index in [9.17, 15) is 4.39 Å². The number of hydrogen-bond acceptors (Lipinski definition) is 3. The van der Waals surface area contributed by atoms with Crippen LogP contribution in [-0.4, -0.2) is 21.9 Å². The smallest absolute Gasteiger partial charge is 0.157 e. The van der Waals surface area contributed by atoms with Crippen molar-refractivity contribution in [2.75, 3.05) is 7.11 Å². The van der Waals surface area contributed by atoms with Gasteiger partial charge in [-0.15, -0.1) is 0 Å².